The molecule has 0 bridgehead atoms. The van der Waals surface area contributed by atoms with Crippen LogP contribution < -0.4 is 5.43 Å². The first-order chi connectivity index (χ1) is 11.8. The van der Waals surface area contributed by atoms with Crippen LogP contribution in [-0.2, 0) is 20.7 Å². The summed E-state index contributed by atoms with van der Waals surface area (Å²) >= 11 is 0. The van der Waals surface area contributed by atoms with E-state index < -0.39 is 29.4 Å². The molecular formula is C18H24F2N2O3. The summed E-state index contributed by atoms with van der Waals surface area (Å²) in [5.41, 5.74) is 3.15. The highest BCUT2D eigenvalue weighted by molar-refractivity contribution is 5.97. The second-order valence-corrected chi connectivity index (χ2v) is 6.65. The summed E-state index contributed by atoms with van der Waals surface area (Å²) in [7, 11) is 1.20. The number of halogens is 2. The molecule has 1 aliphatic heterocycles. The maximum absolute atomic E-state index is 13.4. The molecule has 1 N–H and O–H groups in total. The van der Waals surface area contributed by atoms with E-state index in [0.29, 0.717) is 18.0 Å². The first-order valence-corrected chi connectivity index (χ1v) is 8.42. The van der Waals surface area contributed by atoms with Crippen LogP contribution >= 0.6 is 0 Å². The van der Waals surface area contributed by atoms with Crippen LogP contribution in [0.4, 0.5) is 8.78 Å². The van der Waals surface area contributed by atoms with Gasteiger partial charge in [-0.1, -0.05) is 19.9 Å². The molecule has 0 radical (unpaired) electrons. The summed E-state index contributed by atoms with van der Waals surface area (Å²) in [6.45, 7) is 4.87. The van der Waals surface area contributed by atoms with Crippen molar-refractivity contribution in [2.24, 2.45) is 11.8 Å². The Morgan fingerprint density at radius 1 is 1.32 bits per heavy atom. The van der Waals surface area contributed by atoms with Gasteiger partial charge >= 0.3 is 5.97 Å². The molecule has 2 rings (SSSR count). The number of carbonyl (C=O) groups excluding carboxylic acids is 2. The highest BCUT2D eigenvalue weighted by Gasteiger charge is 2.33. The third-order valence-electron chi connectivity index (χ3n) is 4.55. The Morgan fingerprint density at radius 3 is 2.64 bits per heavy atom. The largest absolute Gasteiger partial charge is 0.468 e. The third-order valence-corrected chi connectivity index (χ3v) is 4.55. The van der Waals surface area contributed by atoms with E-state index >= 15 is 0 Å². The molecule has 1 aromatic rings. The van der Waals surface area contributed by atoms with Gasteiger partial charge in [0.05, 0.1) is 7.11 Å². The van der Waals surface area contributed by atoms with Crippen molar-refractivity contribution in [3.05, 3.63) is 35.4 Å². The lowest BCUT2D eigenvalue weighted by molar-refractivity contribution is -0.151. The number of esters is 1. The van der Waals surface area contributed by atoms with Gasteiger partial charge in [-0.05, 0) is 42.9 Å². The van der Waals surface area contributed by atoms with E-state index in [4.69, 9.17) is 4.74 Å². The van der Waals surface area contributed by atoms with Crippen LogP contribution in [0.5, 0.6) is 0 Å². The van der Waals surface area contributed by atoms with Crippen molar-refractivity contribution in [3.63, 3.8) is 0 Å². The molecule has 7 heteroatoms. The van der Waals surface area contributed by atoms with E-state index in [-0.39, 0.29) is 12.5 Å². The van der Waals surface area contributed by atoms with Crippen molar-refractivity contribution >= 4 is 11.9 Å². The Balaban J connectivity index is 2.12. The number of benzene rings is 1. The lowest BCUT2D eigenvalue weighted by atomic mass is 9.98. The van der Waals surface area contributed by atoms with Crippen molar-refractivity contribution in [3.8, 4) is 0 Å². The average molecular weight is 354 g/mol. The van der Waals surface area contributed by atoms with Gasteiger partial charge in [0.1, 0.15) is 5.92 Å². The summed E-state index contributed by atoms with van der Waals surface area (Å²) in [4.78, 5) is 24.6. The number of hydrazine groups is 1. The van der Waals surface area contributed by atoms with E-state index in [2.05, 4.69) is 19.3 Å². The topological polar surface area (TPSA) is 58.6 Å². The van der Waals surface area contributed by atoms with Gasteiger partial charge in [0.2, 0.25) is 5.91 Å². The molecule has 0 aromatic heterocycles. The molecular weight excluding hydrogens is 330 g/mol. The molecule has 0 aliphatic carbocycles. The van der Waals surface area contributed by atoms with Crippen molar-refractivity contribution in [1.29, 1.82) is 0 Å². The molecule has 0 unspecified atom stereocenters. The molecule has 1 aliphatic rings. The Hall–Kier alpha value is -2.02. The fourth-order valence-corrected chi connectivity index (χ4v) is 3.17. The molecule has 1 aromatic carbocycles. The quantitative estimate of drug-likeness (QED) is 0.630. The van der Waals surface area contributed by atoms with E-state index in [9.17, 15) is 18.4 Å². The van der Waals surface area contributed by atoms with Gasteiger partial charge in [-0.25, -0.2) is 13.8 Å². The molecule has 1 saturated heterocycles. The molecule has 0 saturated carbocycles. The normalized spacial score (nSPS) is 19.0. The molecule has 0 spiro atoms. The minimum Gasteiger partial charge on any atom is -0.468 e. The number of rotatable bonds is 6. The summed E-state index contributed by atoms with van der Waals surface area (Å²) < 4.78 is 31.1. The van der Waals surface area contributed by atoms with E-state index in [1.54, 1.807) is 0 Å². The number of ether oxygens (including phenoxy) is 1. The van der Waals surface area contributed by atoms with Gasteiger partial charge in [0.25, 0.3) is 0 Å². The predicted molar refractivity (Wildman–Crippen MR) is 88.3 cm³/mol. The fourth-order valence-electron chi connectivity index (χ4n) is 3.17. The smallest absolute Gasteiger partial charge is 0.318 e. The molecule has 2 atom stereocenters. The molecule has 1 fully saturated rings. The van der Waals surface area contributed by atoms with Gasteiger partial charge in [0.15, 0.2) is 11.6 Å². The van der Waals surface area contributed by atoms with E-state index in [0.717, 1.165) is 25.0 Å². The van der Waals surface area contributed by atoms with Crippen LogP contribution in [0.2, 0.25) is 0 Å². The lowest BCUT2D eigenvalue weighted by Gasteiger charge is -2.29. The Morgan fingerprint density at radius 2 is 2.04 bits per heavy atom. The monoisotopic (exact) mass is 354 g/mol. The van der Waals surface area contributed by atoms with E-state index in [1.807, 2.05) is 5.01 Å². The predicted octanol–water partition coefficient (Wildman–Crippen LogP) is 2.45. The summed E-state index contributed by atoms with van der Waals surface area (Å²) in [6, 6.07) is 3.54. The van der Waals surface area contributed by atoms with Crippen LogP contribution in [-0.4, -0.2) is 36.6 Å². The number of methoxy groups -OCH3 is 1. The van der Waals surface area contributed by atoms with Crippen molar-refractivity contribution < 1.29 is 23.1 Å². The maximum Gasteiger partial charge on any atom is 0.318 e. The third kappa shape index (κ3) is 4.75. The van der Waals surface area contributed by atoms with Crippen LogP contribution in [0.15, 0.2) is 18.2 Å². The van der Waals surface area contributed by atoms with Crippen molar-refractivity contribution in [2.45, 2.75) is 39.2 Å². The van der Waals surface area contributed by atoms with Gasteiger partial charge in [-0.2, -0.15) is 0 Å². The Kier molecular flexibility index (Phi) is 6.47. The highest BCUT2D eigenvalue weighted by atomic mass is 19.2. The first kappa shape index (κ1) is 19.3. The van der Waals surface area contributed by atoms with Crippen LogP contribution in [0.1, 0.15) is 32.3 Å². The number of nitrogens with zero attached hydrogens (tertiary/aromatic N) is 1. The standard InChI is InChI=1S/C18H24F2N2O3/c1-11(2)16-5-4-8-22(16)21-17(23)13(18(24)25-3)9-12-6-7-14(19)15(20)10-12/h6-7,10-11,13,16H,4-5,8-9H2,1-3H3,(H,21,23)/t13-,16+/m0/s1. The summed E-state index contributed by atoms with van der Waals surface area (Å²) in [5.74, 6) is -3.94. The summed E-state index contributed by atoms with van der Waals surface area (Å²) in [6.07, 6.45) is 1.88. The molecule has 1 amide bonds. The van der Waals surface area contributed by atoms with Crippen molar-refractivity contribution in [2.75, 3.05) is 13.7 Å². The molecule has 1 heterocycles. The Labute approximate surface area is 146 Å². The van der Waals surface area contributed by atoms with Crippen molar-refractivity contribution in [1.82, 2.24) is 10.4 Å². The van der Waals surface area contributed by atoms with Gasteiger partial charge < -0.3 is 4.74 Å². The van der Waals surface area contributed by atoms with Crippen LogP contribution in [0.25, 0.3) is 0 Å². The minimum absolute atomic E-state index is 0.0596. The highest BCUT2D eigenvalue weighted by Crippen LogP contribution is 2.22. The van der Waals surface area contributed by atoms with Gasteiger partial charge in [-0.15, -0.1) is 0 Å². The second-order valence-electron chi connectivity index (χ2n) is 6.65. The number of nitrogens with one attached hydrogen (secondary N) is 1. The Bertz CT molecular complexity index is 637. The minimum atomic E-state index is -1.12. The van der Waals surface area contributed by atoms with Gasteiger partial charge in [-0.3, -0.25) is 15.0 Å². The maximum atomic E-state index is 13.4. The zero-order chi connectivity index (χ0) is 18.6. The molecule has 138 valence electrons. The lowest BCUT2D eigenvalue weighted by Crippen LogP contribution is -2.50. The molecule has 25 heavy (non-hydrogen) atoms. The van der Waals surface area contributed by atoms with E-state index in [1.165, 1.54) is 13.2 Å². The average Bonchev–Trinajstić information content (AvgIpc) is 3.03. The first-order valence-electron chi connectivity index (χ1n) is 8.42. The van der Waals surface area contributed by atoms with Crippen LogP contribution in [0.3, 0.4) is 0 Å². The number of amides is 1. The van der Waals surface area contributed by atoms with Crippen LogP contribution in [0, 0.1) is 23.5 Å². The number of carbonyl (C=O) groups is 2. The number of hydrogen-bond donors (Lipinski definition) is 1. The van der Waals surface area contributed by atoms with Gasteiger partial charge in [0, 0.05) is 12.6 Å². The molecule has 5 nitrogen and oxygen atoms in total. The fraction of sp³-hybridized carbons (Fsp3) is 0.556. The zero-order valence-electron chi connectivity index (χ0n) is 14.7. The number of hydrogen-bond acceptors (Lipinski definition) is 4. The SMILES string of the molecule is COC(=O)[C@@H](Cc1ccc(F)c(F)c1)C(=O)NN1CCC[C@@H]1C(C)C. The zero-order valence-corrected chi connectivity index (χ0v) is 14.7. The second kappa shape index (κ2) is 8.38. The summed E-state index contributed by atoms with van der Waals surface area (Å²) in [5, 5.41) is 1.86.